The van der Waals surface area contributed by atoms with Crippen LogP contribution in [0.25, 0.3) is 6.08 Å². The quantitative estimate of drug-likeness (QED) is 0.277. The highest BCUT2D eigenvalue weighted by Crippen LogP contribution is 2.38. The van der Waals surface area contributed by atoms with Crippen LogP contribution in [0.15, 0.2) is 64.6 Å². The number of hydrogen-bond acceptors (Lipinski definition) is 6. The largest absolute Gasteiger partial charge is 0.493 e. The van der Waals surface area contributed by atoms with Gasteiger partial charge in [0.25, 0.3) is 11.8 Å². The maximum Gasteiger partial charge on any atom is 0.335 e. The van der Waals surface area contributed by atoms with Crippen molar-refractivity contribution in [1.29, 1.82) is 0 Å². The van der Waals surface area contributed by atoms with Gasteiger partial charge in [-0.15, -0.1) is 0 Å². The molecule has 3 aromatic carbocycles. The van der Waals surface area contributed by atoms with Crippen LogP contribution in [-0.2, 0) is 16.2 Å². The van der Waals surface area contributed by atoms with Crippen LogP contribution >= 0.6 is 27.5 Å². The van der Waals surface area contributed by atoms with Gasteiger partial charge in [0, 0.05) is 5.02 Å². The zero-order chi connectivity index (χ0) is 27.6. The SMILES string of the molecule is COc1cc(/C=C2\C(=O)NC(=O)N(c3cc(Cl)ccc3C)C2=O)cc(Br)c1OCc1ccc(C(=O)O)cc1. The Labute approximate surface area is 230 Å². The maximum atomic E-state index is 13.3. The Hall–Kier alpha value is -4.15. The number of nitrogens with zero attached hydrogens (tertiary/aromatic N) is 1. The van der Waals surface area contributed by atoms with Gasteiger partial charge in [-0.05, 0) is 82.0 Å². The first-order chi connectivity index (χ1) is 18.1. The fourth-order valence-corrected chi connectivity index (χ4v) is 4.47. The standard InChI is InChI=1S/C27H20BrClN2O7/c1-14-3-8-18(29)12-21(14)31-25(33)19(24(32)30-27(31)36)9-16-10-20(28)23(22(11-16)37-2)38-13-15-4-6-17(7-5-15)26(34)35/h3-12H,13H2,1-2H3,(H,34,35)(H,30,32,36)/b19-9+. The average molecular weight is 600 g/mol. The summed E-state index contributed by atoms with van der Waals surface area (Å²) in [7, 11) is 1.44. The summed E-state index contributed by atoms with van der Waals surface area (Å²) in [6, 6.07) is 13.4. The molecular formula is C27H20BrClN2O7. The third-order valence-electron chi connectivity index (χ3n) is 5.66. The van der Waals surface area contributed by atoms with E-state index in [2.05, 4.69) is 21.2 Å². The molecule has 1 aliphatic heterocycles. The molecule has 1 heterocycles. The van der Waals surface area contributed by atoms with Gasteiger partial charge in [-0.2, -0.15) is 0 Å². The molecule has 0 unspecified atom stereocenters. The van der Waals surface area contributed by atoms with E-state index in [1.54, 1.807) is 43.3 Å². The van der Waals surface area contributed by atoms with E-state index >= 15 is 0 Å². The summed E-state index contributed by atoms with van der Waals surface area (Å²) in [4.78, 5) is 50.3. The molecule has 3 aromatic rings. The van der Waals surface area contributed by atoms with Crippen LogP contribution < -0.4 is 19.7 Å². The summed E-state index contributed by atoms with van der Waals surface area (Å²) in [6.07, 6.45) is 1.35. The normalized spacial score (nSPS) is 14.5. The number of hydrogen-bond donors (Lipinski definition) is 2. The minimum Gasteiger partial charge on any atom is -0.493 e. The average Bonchev–Trinajstić information content (AvgIpc) is 2.87. The third-order valence-corrected chi connectivity index (χ3v) is 6.48. The number of halogens is 2. The second-order valence-electron chi connectivity index (χ2n) is 8.21. The molecule has 0 atom stereocenters. The number of aryl methyl sites for hydroxylation is 1. The Morgan fingerprint density at radius 2 is 1.82 bits per heavy atom. The van der Waals surface area contributed by atoms with Gasteiger partial charge in [0.05, 0.1) is 22.8 Å². The predicted octanol–water partition coefficient (Wildman–Crippen LogP) is 5.36. The zero-order valence-corrected chi connectivity index (χ0v) is 22.4. The van der Waals surface area contributed by atoms with Gasteiger partial charge in [0.2, 0.25) is 0 Å². The van der Waals surface area contributed by atoms with Gasteiger partial charge in [-0.3, -0.25) is 14.9 Å². The molecule has 1 fully saturated rings. The van der Waals surface area contributed by atoms with E-state index in [9.17, 15) is 19.2 Å². The Kier molecular flexibility index (Phi) is 7.84. The van der Waals surface area contributed by atoms with E-state index in [0.717, 1.165) is 10.5 Å². The molecule has 9 nitrogen and oxygen atoms in total. The lowest BCUT2D eigenvalue weighted by atomic mass is 10.1. The van der Waals surface area contributed by atoms with Crippen molar-refractivity contribution in [2.75, 3.05) is 12.0 Å². The smallest absolute Gasteiger partial charge is 0.335 e. The molecule has 0 spiro atoms. The first-order valence-corrected chi connectivity index (χ1v) is 12.3. The number of carbonyl (C=O) groups excluding carboxylic acids is 3. The van der Waals surface area contributed by atoms with Gasteiger partial charge in [-0.1, -0.05) is 29.8 Å². The van der Waals surface area contributed by atoms with E-state index in [1.807, 2.05) is 0 Å². The Balaban J connectivity index is 1.63. The van der Waals surface area contributed by atoms with E-state index in [1.165, 1.54) is 31.4 Å². The Bertz CT molecular complexity index is 1500. The van der Waals surface area contributed by atoms with Crippen molar-refractivity contribution in [2.45, 2.75) is 13.5 Å². The number of carbonyl (C=O) groups is 4. The Morgan fingerprint density at radius 1 is 1.11 bits per heavy atom. The fourth-order valence-electron chi connectivity index (χ4n) is 3.73. The predicted molar refractivity (Wildman–Crippen MR) is 144 cm³/mol. The van der Waals surface area contributed by atoms with Crippen molar-refractivity contribution >= 4 is 63.1 Å². The first-order valence-electron chi connectivity index (χ1n) is 11.1. The number of nitrogens with one attached hydrogen (secondary N) is 1. The van der Waals surface area contributed by atoms with E-state index < -0.39 is 23.8 Å². The zero-order valence-electron chi connectivity index (χ0n) is 20.1. The second kappa shape index (κ2) is 11.1. The second-order valence-corrected chi connectivity index (χ2v) is 9.50. The molecule has 11 heteroatoms. The van der Waals surface area contributed by atoms with Crippen molar-refractivity contribution in [2.24, 2.45) is 0 Å². The first kappa shape index (κ1) is 26.9. The molecule has 0 saturated carbocycles. The summed E-state index contributed by atoms with van der Waals surface area (Å²) in [5, 5.41) is 11.6. The summed E-state index contributed by atoms with van der Waals surface area (Å²) >= 11 is 9.51. The molecule has 4 amide bonds. The van der Waals surface area contributed by atoms with Crippen molar-refractivity contribution in [3.63, 3.8) is 0 Å². The number of amides is 4. The molecule has 0 aliphatic carbocycles. The van der Waals surface area contributed by atoms with Crippen LogP contribution in [0, 0.1) is 6.92 Å². The molecule has 0 aromatic heterocycles. The number of methoxy groups -OCH3 is 1. The van der Waals surface area contributed by atoms with Crippen LogP contribution in [0.2, 0.25) is 5.02 Å². The molecule has 0 bridgehead atoms. The fraction of sp³-hybridized carbons (Fsp3) is 0.111. The van der Waals surface area contributed by atoms with Crippen LogP contribution in [0.1, 0.15) is 27.0 Å². The summed E-state index contributed by atoms with van der Waals surface area (Å²) in [6.45, 7) is 1.85. The van der Waals surface area contributed by atoms with Gasteiger partial charge in [0.15, 0.2) is 11.5 Å². The molecule has 194 valence electrons. The number of carboxylic acids is 1. The number of ether oxygens (including phenoxy) is 2. The number of urea groups is 1. The summed E-state index contributed by atoms with van der Waals surface area (Å²) in [5.74, 6) is -1.98. The maximum absolute atomic E-state index is 13.3. The number of benzene rings is 3. The van der Waals surface area contributed by atoms with Gasteiger partial charge >= 0.3 is 12.0 Å². The summed E-state index contributed by atoms with van der Waals surface area (Å²) in [5.41, 5.74) is 1.96. The monoisotopic (exact) mass is 598 g/mol. The minimum atomic E-state index is -1.02. The van der Waals surface area contributed by atoms with Gasteiger partial charge in [0.1, 0.15) is 12.2 Å². The lowest BCUT2D eigenvalue weighted by Gasteiger charge is -2.27. The van der Waals surface area contributed by atoms with Crippen molar-refractivity contribution in [3.05, 3.63) is 91.9 Å². The van der Waals surface area contributed by atoms with E-state index in [-0.39, 0.29) is 23.4 Å². The Morgan fingerprint density at radius 3 is 2.47 bits per heavy atom. The highest BCUT2D eigenvalue weighted by atomic mass is 79.9. The van der Waals surface area contributed by atoms with Crippen molar-refractivity contribution in [1.82, 2.24) is 5.32 Å². The highest BCUT2D eigenvalue weighted by molar-refractivity contribution is 9.10. The number of imide groups is 2. The van der Waals surface area contributed by atoms with E-state index in [4.69, 9.17) is 26.2 Å². The molecular weight excluding hydrogens is 580 g/mol. The summed E-state index contributed by atoms with van der Waals surface area (Å²) < 4.78 is 11.8. The molecule has 38 heavy (non-hydrogen) atoms. The number of carboxylic acid groups (broad SMARTS) is 1. The van der Waals surface area contributed by atoms with Crippen molar-refractivity contribution < 1.29 is 33.8 Å². The number of rotatable bonds is 7. The number of aromatic carboxylic acids is 1. The van der Waals surface area contributed by atoms with Crippen LogP contribution in [-0.4, -0.2) is 36.0 Å². The lowest BCUT2D eigenvalue weighted by molar-refractivity contribution is -0.122. The van der Waals surface area contributed by atoms with Gasteiger partial charge < -0.3 is 14.6 Å². The molecule has 1 aliphatic rings. The number of anilines is 1. The van der Waals surface area contributed by atoms with Crippen molar-refractivity contribution in [3.8, 4) is 11.5 Å². The molecule has 1 saturated heterocycles. The molecule has 2 N–H and O–H groups in total. The minimum absolute atomic E-state index is 0.131. The lowest BCUT2D eigenvalue weighted by Crippen LogP contribution is -2.54. The number of barbiturate groups is 1. The molecule has 0 radical (unpaired) electrons. The van der Waals surface area contributed by atoms with Gasteiger partial charge in [-0.25, -0.2) is 14.5 Å². The third kappa shape index (κ3) is 5.56. The van der Waals surface area contributed by atoms with Crippen LogP contribution in [0.4, 0.5) is 10.5 Å². The van der Waals surface area contributed by atoms with E-state index in [0.29, 0.717) is 32.1 Å². The topological polar surface area (TPSA) is 122 Å². The van der Waals surface area contributed by atoms with Crippen LogP contribution in [0.5, 0.6) is 11.5 Å². The van der Waals surface area contributed by atoms with Crippen LogP contribution in [0.3, 0.4) is 0 Å². The molecule has 4 rings (SSSR count). The highest BCUT2D eigenvalue weighted by Gasteiger charge is 2.37.